The molecule has 0 heterocycles. The molecular formula is C26H19Cl3N2O4S. The number of hydrogen-bond acceptors (Lipinski definition) is 4. The van der Waals surface area contributed by atoms with E-state index in [1.54, 1.807) is 42.5 Å². The van der Waals surface area contributed by atoms with Crippen LogP contribution in [-0.4, -0.2) is 20.9 Å². The number of hydrogen-bond donors (Lipinski definition) is 1. The second kappa shape index (κ2) is 11.2. The Hall–Kier alpha value is -3.23. The molecule has 0 radical (unpaired) electrons. The number of para-hydroxylation sites is 1. The van der Waals surface area contributed by atoms with E-state index in [2.05, 4.69) is 5.32 Å². The SMILES string of the molecule is O=C(CN(c1cc(Cl)cc(Cl)c1)S(=O)(=O)c1ccccc1)Nc1cc(Cl)ccc1Oc1ccccc1. The Morgan fingerprint density at radius 3 is 2.03 bits per heavy atom. The summed E-state index contributed by atoms with van der Waals surface area (Å²) in [6.45, 7) is -0.564. The van der Waals surface area contributed by atoms with E-state index in [1.165, 1.54) is 36.4 Å². The lowest BCUT2D eigenvalue weighted by molar-refractivity contribution is -0.114. The molecule has 0 aliphatic rings. The average Bonchev–Trinajstić information content (AvgIpc) is 2.85. The van der Waals surface area contributed by atoms with Crippen molar-refractivity contribution in [3.05, 3.63) is 112 Å². The summed E-state index contributed by atoms with van der Waals surface area (Å²) in [5, 5.41) is 3.51. The number of rotatable bonds is 8. The maximum absolute atomic E-state index is 13.5. The number of ether oxygens (including phenoxy) is 1. The third kappa shape index (κ3) is 6.30. The van der Waals surface area contributed by atoms with Gasteiger partial charge in [0.1, 0.15) is 12.3 Å². The van der Waals surface area contributed by atoms with Crippen LogP contribution < -0.4 is 14.4 Å². The monoisotopic (exact) mass is 560 g/mol. The first-order valence-electron chi connectivity index (χ1n) is 10.6. The Balaban J connectivity index is 1.66. The van der Waals surface area contributed by atoms with E-state index in [9.17, 15) is 13.2 Å². The molecule has 0 atom stereocenters. The molecule has 0 saturated heterocycles. The number of amides is 1. The van der Waals surface area contributed by atoms with E-state index in [1.807, 2.05) is 18.2 Å². The van der Waals surface area contributed by atoms with Crippen molar-refractivity contribution in [1.29, 1.82) is 0 Å². The van der Waals surface area contributed by atoms with Gasteiger partial charge >= 0.3 is 0 Å². The van der Waals surface area contributed by atoms with Gasteiger partial charge in [0.05, 0.1) is 16.3 Å². The summed E-state index contributed by atoms with van der Waals surface area (Å²) in [4.78, 5) is 13.2. The predicted molar refractivity (Wildman–Crippen MR) is 144 cm³/mol. The molecule has 4 aromatic rings. The second-order valence-electron chi connectivity index (χ2n) is 7.56. The molecule has 0 aliphatic heterocycles. The summed E-state index contributed by atoms with van der Waals surface area (Å²) < 4.78 is 33.9. The Kier molecular flexibility index (Phi) is 8.06. The maximum Gasteiger partial charge on any atom is 0.264 e. The normalized spacial score (nSPS) is 11.1. The molecule has 0 fully saturated rings. The average molecular weight is 562 g/mol. The molecule has 0 saturated carbocycles. The number of carbonyl (C=O) groups excluding carboxylic acids is 1. The minimum atomic E-state index is -4.14. The van der Waals surface area contributed by atoms with Gasteiger partial charge in [-0.1, -0.05) is 71.2 Å². The van der Waals surface area contributed by atoms with Crippen LogP contribution >= 0.6 is 34.8 Å². The fourth-order valence-electron chi connectivity index (χ4n) is 3.34. The third-order valence-electron chi connectivity index (χ3n) is 4.94. The molecule has 0 aliphatic carbocycles. The zero-order valence-corrected chi connectivity index (χ0v) is 21.7. The molecule has 36 heavy (non-hydrogen) atoms. The molecule has 1 N–H and O–H groups in total. The van der Waals surface area contributed by atoms with Gasteiger partial charge < -0.3 is 10.1 Å². The van der Waals surface area contributed by atoms with Crippen molar-refractivity contribution in [3.63, 3.8) is 0 Å². The topological polar surface area (TPSA) is 75.7 Å². The van der Waals surface area contributed by atoms with Crippen molar-refractivity contribution in [2.75, 3.05) is 16.2 Å². The molecular weight excluding hydrogens is 543 g/mol. The first kappa shape index (κ1) is 25.9. The Labute approximate surface area is 224 Å². The zero-order valence-electron chi connectivity index (χ0n) is 18.6. The largest absolute Gasteiger partial charge is 0.455 e. The molecule has 4 aromatic carbocycles. The number of nitrogens with one attached hydrogen (secondary N) is 1. The van der Waals surface area contributed by atoms with Crippen molar-refractivity contribution >= 4 is 62.1 Å². The van der Waals surface area contributed by atoms with Gasteiger partial charge in [-0.25, -0.2) is 8.42 Å². The van der Waals surface area contributed by atoms with Crippen LogP contribution in [0, 0.1) is 0 Å². The van der Waals surface area contributed by atoms with Gasteiger partial charge in [0.25, 0.3) is 10.0 Å². The van der Waals surface area contributed by atoms with E-state index in [-0.39, 0.29) is 26.3 Å². The zero-order chi connectivity index (χ0) is 25.7. The molecule has 0 bridgehead atoms. The highest BCUT2D eigenvalue weighted by Gasteiger charge is 2.28. The van der Waals surface area contributed by atoms with Gasteiger partial charge in [-0.2, -0.15) is 0 Å². The summed E-state index contributed by atoms with van der Waals surface area (Å²) in [6.07, 6.45) is 0. The number of halogens is 3. The van der Waals surface area contributed by atoms with Gasteiger partial charge in [-0.15, -0.1) is 0 Å². The van der Waals surface area contributed by atoms with Gasteiger partial charge in [0.2, 0.25) is 5.91 Å². The fraction of sp³-hybridized carbons (Fsp3) is 0.0385. The summed E-state index contributed by atoms with van der Waals surface area (Å²) in [5.41, 5.74) is 0.413. The quantitative estimate of drug-likeness (QED) is 0.245. The van der Waals surface area contributed by atoms with Crippen molar-refractivity contribution in [2.24, 2.45) is 0 Å². The van der Waals surface area contributed by atoms with Gasteiger partial charge in [0, 0.05) is 15.1 Å². The van der Waals surface area contributed by atoms with E-state index in [4.69, 9.17) is 39.5 Å². The highest BCUT2D eigenvalue weighted by atomic mass is 35.5. The van der Waals surface area contributed by atoms with E-state index >= 15 is 0 Å². The smallest absolute Gasteiger partial charge is 0.264 e. The Morgan fingerprint density at radius 2 is 1.39 bits per heavy atom. The van der Waals surface area contributed by atoms with Crippen LogP contribution in [0.3, 0.4) is 0 Å². The highest BCUT2D eigenvalue weighted by Crippen LogP contribution is 2.33. The van der Waals surface area contributed by atoms with Crippen LogP contribution in [0.15, 0.2) is 102 Å². The lowest BCUT2D eigenvalue weighted by Crippen LogP contribution is -2.38. The van der Waals surface area contributed by atoms with Crippen molar-refractivity contribution in [3.8, 4) is 11.5 Å². The number of carbonyl (C=O) groups is 1. The van der Waals surface area contributed by atoms with Crippen LogP contribution in [0.5, 0.6) is 11.5 Å². The van der Waals surface area contributed by atoms with Gasteiger partial charge in [-0.05, 0) is 60.7 Å². The fourth-order valence-corrected chi connectivity index (χ4v) is 5.45. The second-order valence-corrected chi connectivity index (χ2v) is 10.7. The molecule has 10 heteroatoms. The molecule has 184 valence electrons. The van der Waals surface area contributed by atoms with E-state index in [0.29, 0.717) is 16.5 Å². The Bertz CT molecular complexity index is 1460. The molecule has 0 unspecified atom stereocenters. The van der Waals surface area contributed by atoms with Crippen LogP contribution in [0.1, 0.15) is 0 Å². The minimum Gasteiger partial charge on any atom is -0.455 e. The third-order valence-corrected chi connectivity index (χ3v) is 7.40. The molecule has 6 nitrogen and oxygen atoms in total. The lowest BCUT2D eigenvalue weighted by atomic mass is 10.2. The van der Waals surface area contributed by atoms with Crippen LogP contribution in [-0.2, 0) is 14.8 Å². The highest BCUT2D eigenvalue weighted by molar-refractivity contribution is 7.92. The summed E-state index contributed by atoms with van der Waals surface area (Å²) in [6, 6.07) is 25.8. The van der Waals surface area contributed by atoms with Crippen LogP contribution in [0.4, 0.5) is 11.4 Å². The van der Waals surface area contributed by atoms with Crippen molar-refractivity contribution in [1.82, 2.24) is 0 Å². The number of nitrogens with zero attached hydrogens (tertiary/aromatic N) is 1. The van der Waals surface area contributed by atoms with Crippen LogP contribution in [0.25, 0.3) is 0 Å². The number of benzene rings is 4. The van der Waals surface area contributed by atoms with Crippen molar-refractivity contribution < 1.29 is 17.9 Å². The molecule has 1 amide bonds. The first-order valence-corrected chi connectivity index (χ1v) is 13.2. The summed E-state index contributed by atoms with van der Waals surface area (Å²) >= 11 is 18.4. The summed E-state index contributed by atoms with van der Waals surface area (Å²) in [7, 11) is -4.14. The maximum atomic E-state index is 13.5. The molecule has 0 spiro atoms. The predicted octanol–water partition coefficient (Wildman–Crippen LogP) is 7.27. The lowest BCUT2D eigenvalue weighted by Gasteiger charge is -2.25. The van der Waals surface area contributed by atoms with Gasteiger partial charge in [-0.3, -0.25) is 9.10 Å². The molecule has 4 rings (SSSR count). The minimum absolute atomic E-state index is 0.00440. The van der Waals surface area contributed by atoms with Crippen molar-refractivity contribution in [2.45, 2.75) is 4.90 Å². The number of sulfonamides is 1. The van der Waals surface area contributed by atoms with Crippen LogP contribution in [0.2, 0.25) is 15.1 Å². The number of anilines is 2. The van der Waals surface area contributed by atoms with E-state index in [0.717, 1.165) is 4.31 Å². The standard InChI is InChI=1S/C26H19Cl3N2O4S/c27-18-11-12-25(35-22-7-3-1-4-8-22)24(16-18)30-26(32)17-31(21-14-19(28)13-20(29)15-21)36(33,34)23-9-5-2-6-10-23/h1-16H,17H2,(H,30,32). The van der Waals surface area contributed by atoms with Gasteiger partial charge in [0.15, 0.2) is 5.75 Å². The first-order chi connectivity index (χ1) is 17.2. The molecule has 0 aromatic heterocycles. The Morgan fingerprint density at radius 1 is 0.778 bits per heavy atom. The van der Waals surface area contributed by atoms with E-state index < -0.39 is 22.5 Å². The summed E-state index contributed by atoms with van der Waals surface area (Å²) in [5.74, 6) is 0.255.